The molecule has 0 unspecified atom stereocenters. The average molecular weight is 456 g/mol. The van der Waals surface area contributed by atoms with Crippen molar-refractivity contribution >= 4 is 28.0 Å². The van der Waals surface area contributed by atoms with Gasteiger partial charge in [-0.15, -0.1) is 0 Å². The van der Waals surface area contributed by atoms with Gasteiger partial charge in [-0.2, -0.15) is 5.10 Å². The molecule has 0 amide bonds. The van der Waals surface area contributed by atoms with Gasteiger partial charge in [-0.3, -0.25) is 5.10 Å². The van der Waals surface area contributed by atoms with Gasteiger partial charge in [-0.05, 0) is 47.6 Å². The van der Waals surface area contributed by atoms with Crippen LogP contribution < -0.4 is 4.74 Å². The number of nitrogens with one attached hydrogen (secondary N) is 1. The summed E-state index contributed by atoms with van der Waals surface area (Å²) < 4.78 is 36.6. The fraction of sp³-hybridized carbons (Fsp3) is 0.143. The Hall–Kier alpha value is -4.06. The summed E-state index contributed by atoms with van der Waals surface area (Å²) in [7, 11) is 0. The number of nitrogens with zero attached hydrogens (tertiary/aromatic N) is 1. The van der Waals surface area contributed by atoms with Crippen LogP contribution in [0.2, 0.25) is 0 Å². The Bertz CT molecular complexity index is 1420. The Morgan fingerprint density at radius 1 is 1.06 bits per heavy atom. The van der Waals surface area contributed by atoms with Gasteiger partial charge >= 0.3 is 5.97 Å². The van der Waals surface area contributed by atoms with E-state index in [1.54, 1.807) is 24.3 Å². The predicted octanol–water partition coefficient (Wildman–Crippen LogP) is 6.69. The van der Waals surface area contributed by atoms with Gasteiger partial charge in [-0.1, -0.05) is 61.5 Å². The Kier molecular flexibility index (Phi) is 5.80. The second kappa shape index (κ2) is 9.06. The Labute approximate surface area is 195 Å². The van der Waals surface area contributed by atoms with Crippen LogP contribution in [0.1, 0.15) is 36.0 Å². The molecule has 1 fully saturated rings. The summed E-state index contributed by atoms with van der Waals surface area (Å²) in [5.74, 6) is -1.42. The van der Waals surface area contributed by atoms with Crippen LogP contribution in [0.3, 0.4) is 0 Å². The molecule has 1 heterocycles. The third-order valence-corrected chi connectivity index (χ3v) is 6.29. The molecular weight excluding hydrogens is 434 g/mol. The number of ether oxygens (including phenoxy) is 1. The van der Waals surface area contributed by atoms with E-state index in [0.717, 1.165) is 36.5 Å². The fourth-order valence-electron chi connectivity index (χ4n) is 4.47. The van der Waals surface area contributed by atoms with Crippen molar-refractivity contribution in [1.82, 2.24) is 10.2 Å². The second-order valence-electron chi connectivity index (χ2n) is 8.28. The summed E-state index contributed by atoms with van der Waals surface area (Å²) in [6, 6.07) is 17.8. The number of hydrogen-bond donors (Lipinski definition) is 1. The maximum atomic E-state index is 16.0. The van der Waals surface area contributed by atoms with E-state index < -0.39 is 17.6 Å². The number of fused-ring (bicyclic) bond motifs is 1. The lowest BCUT2D eigenvalue weighted by molar-refractivity contribution is -0.128. The SMILES string of the molecule is C=CC(=O)Oc1ccccc1/C(=C(\c1ccccc1)C1CCC1)c1cc(F)c2[nH]ncc2c1F. The molecule has 6 heteroatoms. The van der Waals surface area contributed by atoms with Gasteiger partial charge in [0, 0.05) is 17.2 Å². The molecule has 1 aromatic heterocycles. The molecule has 4 aromatic rings. The van der Waals surface area contributed by atoms with Gasteiger partial charge in [-0.25, -0.2) is 13.6 Å². The lowest BCUT2D eigenvalue weighted by Crippen LogP contribution is -2.16. The Morgan fingerprint density at radius 3 is 2.50 bits per heavy atom. The van der Waals surface area contributed by atoms with Crippen LogP contribution in [-0.2, 0) is 4.79 Å². The maximum absolute atomic E-state index is 16.0. The van der Waals surface area contributed by atoms with E-state index in [2.05, 4.69) is 16.8 Å². The quantitative estimate of drug-likeness (QED) is 0.152. The molecule has 0 radical (unpaired) electrons. The molecule has 1 saturated carbocycles. The van der Waals surface area contributed by atoms with Crippen molar-refractivity contribution in [2.24, 2.45) is 5.92 Å². The van der Waals surface area contributed by atoms with Crippen LogP contribution in [0.15, 0.2) is 79.5 Å². The lowest BCUT2D eigenvalue weighted by Gasteiger charge is -2.32. The standard InChI is InChI=1S/C28H22F2N2O2/c1-2-24(33)34-23-14-7-6-13-19(23)26(20-15-22(29)28-21(27(20)30)16-31-32-28)25(18-11-8-12-18)17-9-4-3-5-10-17/h2-7,9-10,13-16,18H,1,8,11-12H2,(H,31,32)/b26-25-. The number of halogens is 2. The molecule has 1 aliphatic carbocycles. The number of para-hydroxylation sites is 1. The highest BCUT2D eigenvalue weighted by molar-refractivity contribution is 6.03. The Morgan fingerprint density at radius 2 is 1.79 bits per heavy atom. The van der Waals surface area contributed by atoms with E-state index >= 15 is 8.78 Å². The number of H-pyrrole nitrogens is 1. The van der Waals surface area contributed by atoms with Crippen molar-refractivity contribution < 1.29 is 18.3 Å². The second-order valence-corrected chi connectivity index (χ2v) is 8.28. The van der Waals surface area contributed by atoms with E-state index in [1.165, 1.54) is 12.3 Å². The molecule has 3 aromatic carbocycles. The highest BCUT2D eigenvalue weighted by Gasteiger charge is 2.30. The van der Waals surface area contributed by atoms with E-state index in [9.17, 15) is 4.79 Å². The monoisotopic (exact) mass is 456 g/mol. The summed E-state index contributed by atoms with van der Waals surface area (Å²) in [4.78, 5) is 12.1. The molecule has 0 bridgehead atoms. The number of rotatable bonds is 6. The highest BCUT2D eigenvalue weighted by Crippen LogP contribution is 2.47. The van der Waals surface area contributed by atoms with Gasteiger partial charge in [0.2, 0.25) is 0 Å². The van der Waals surface area contributed by atoms with Crippen LogP contribution in [-0.4, -0.2) is 16.2 Å². The first kappa shape index (κ1) is 21.8. The minimum absolute atomic E-state index is 0.0110. The van der Waals surface area contributed by atoms with Crippen molar-refractivity contribution in [1.29, 1.82) is 0 Å². The summed E-state index contributed by atoms with van der Waals surface area (Å²) in [6.45, 7) is 3.47. The highest BCUT2D eigenvalue weighted by atomic mass is 19.1. The molecule has 1 N–H and O–H groups in total. The van der Waals surface area contributed by atoms with Gasteiger partial charge < -0.3 is 4.74 Å². The number of aromatic amines is 1. The number of esters is 1. The predicted molar refractivity (Wildman–Crippen MR) is 128 cm³/mol. The number of aromatic nitrogens is 2. The average Bonchev–Trinajstić information content (AvgIpc) is 3.33. The van der Waals surface area contributed by atoms with Crippen molar-refractivity contribution in [2.75, 3.05) is 0 Å². The Balaban J connectivity index is 1.88. The zero-order chi connectivity index (χ0) is 23.7. The van der Waals surface area contributed by atoms with Crippen LogP contribution >= 0.6 is 0 Å². The number of hydrogen-bond acceptors (Lipinski definition) is 3. The molecule has 0 aliphatic heterocycles. The zero-order valence-corrected chi connectivity index (χ0v) is 18.4. The molecule has 0 atom stereocenters. The summed E-state index contributed by atoms with van der Waals surface area (Å²) in [6.07, 6.45) is 5.27. The largest absolute Gasteiger partial charge is 0.423 e. The van der Waals surface area contributed by atoms with Crippen molar-refractivity contribution in [2.45, 2.75) is 19.3 Å². The number of carbonyl (C=O) groups is 1. The first-order chi connectivity index (χ1) is 16.6. The van der Waals surface area contributed by atoms with Gasteiger partial charge in [0.05, 0.1) is 11.6 Å². The maximum Gasteiger partial charge on any atom is 0.335 e. The van der Waals surface area contributed by atoms with Crippen molar-refractivity contribution in [3.63, 3.8) is 0 Å². The topological polar surface area (TPSA) is 55.0 Å². The molecule has 34 heavy (non-hydrogen) atoms. The number of allylic oxidation sites excluding steroid dienone is 1. The van der Waals surface area contributed by atoms with E-state index in [1.807, 2.05) is 30.3 Å². The van der Waals surface area contributed by atoms with Crippen LogP contribution in [0.5, 0.6) is 5.75 Å². The van der Waals surface area contributed by atoms with Gasteiger partial charge in [0.25, 0.3) is 0 Å². The fourth-order valence-corrected chi connectivity index (χ4v) is 4.47. The molecule has 5 rings (SSSR count). The zero-order valence-electron chi connectivity index (χ0n) is 18.4. The normalized spacial score (nSPS) is 14.4. The summed E-state index contributed by atoms with van der Waals surface area (Å²) in [5, 5.41) is 6.42. The lowest BCUT2D eigenvalue weighted by atomic mass is 9.73. The molecule has 0 spiro atoms. The minimum Gasteiger partial charge on any atom is -0.423 e. The third kappa shape index (κ3) is 3.81. The molecule has 4 nitrogen and oxygen atoms in total. The molecule has 0 saturated heterocycles. The van der Waals surface area contributed by atoms with Crippen molar-refractivity contribution in [3.8, 4) is 5.75 Å². The van der Waals surface area contributed by atoms with E-state index in [0.29, 0.717) is 11.1 Å². The van der Waals surface area contributed by atoms with Crippen LogP contribution in [0, 0.1) is 17.6 Å². The molecular formula is C28H22F2N2O2. The third-order valence-electron chi connectivity index (χ3n) is 6.29. The summed E-state index contributed by atoms with van der Waals surface area (Å²) >= 11 is 0. The summed E-state index contributed by atoms with van der Waals surface area (Å²) in [5.41, 5.74) is 2.93. The minimum atomic E-state index is -0.631. The van der Waals surface area contributed by atoms with Gasteiger partial charge in [0.1, 0.15) is 22.9 Å². The first-order valence-electron chi connectivity index (χ1n) is 11.1. The van der Waals surface area contributed by atoms with Crippen LogP contribution in [0.4, 0.5) is 8.78 Å². The molecule has 170 valence electrons. The van der Waals surface area contributed by atoms with Crippen LogP contribution in [0.25, 0.3) is 22.0 Å². The molecule has 1 aliphatic rings. The van der Waals surface area contributed by atoms with Gasteiger partial charge in [0.15, 0.2) is 0 Å². The number of carbonyl (C=O) groups excluding carboxylic acids is 1. The number of benzene rings is 3. The van der Waals surface area contributed by atoms with E-state index in [4.69, 9.17) is 4.74 Å². The van der Waals surface area contributed by atoms with Crippen molar-refractivity contribution in [3.05, 3.63) is 108 Å². The van der Waals surface area contributed by atoms with E-state index in [-0.39, 0.29) is 28.1 Å². The first-order valence-corrected chi connectivity index (χ1v) is 11.1. The smallest absolute Gasteiger partial charge is 0.335 e.